The maximum absolute atomic E-state index is 11.7. The van der Waals surface area contributed by atoms with E-state index in [-0.39, 0.29) is 5.56 Å². The number of nitrogens with one attached hydrogen (secondary N) is 2. The number of fused-ring (bicyclic) bond motifs is 1. The lowest BCUT2D eigenvalue weighted by Crippen LogP contribution is -2.16. The minimum Gasteiger partial charge on any atom is -0.365 e. The van der Waals surface area contributed by atoms with Gasteiger partial charge in [-0.25, -0.2) is 4.98 Å². The molecule has 1 amide bonds. The molecule has 0 bridgehead atoms. The number of benzene rings is 1. The second-order valence-electron chi connectivity index (χ2n) is 6.43. The number of aromatic nitrogens is 3. The first-order valence-corrected chi connectivity index (χ1v) is 8.33. The molecule has 7 heteroatoms. The van der Waals surface area contributed by atoms with Crippen molar-refractivity contribution in [2.45, 2.75) is 12.8 Å². The molecule has 0 unspecified atom stereocenters. The summed E-state index contributed by atoms with van der Waals surface area (Å²) in [5.74, 6) is 1.06. The van der Waals surface area contributed by atoms with Gasteiger partial charge in [0.25, 0.3) is 5.91 Å². The Morgan fingerprint density at radius 2 is 2.20 bits per heavy atom. The van der Waals surface area contributed by atoms with Gasteiger partial charge in [-0.3, -0.25) is 4.79 Å². The Morgan fingerprint density at radius 1 is 1.36 bits per heavy atom. The zero-order chi connectivity index (χ0) is 17.4. The highest BCUT2D eigenvalue weighted by Crippen LogP contribution is 2.30. The predicted molar refractivity (Wildman–Crippen MR) is 98.0 cm³/mol. The summed E-state index contributed by atoms with van der Waals surface area (Å²) in [6.07, 6.45) is 5.95. The van der Waals surface area contributed by atoms with Crippen LogP contribution < -0.4 is 16.4 Å². The second-order valence-corrected chi connectivity index (χ2v) is 6.43. The molecule has 25 heavy (non-hydrogen) atoms. The summed E-state index contributed by atoms with van der Waals surface area (Å²) in [5, 5.41) is 7.52. The molecule has 0 radical (unpaired) electrons. The second kappa shape index (κ2) is 6.08. The third-order valence-electron chi connectivity index (χ3n) is 4.48. The number of hydrogen-bond donors (Lipinski definition) is 3. The van der Waals surface area contributed by atoms with Crippen LogP contribution in [0.3, 0.4) is 0 Å². The Bertz CT molecular complexity index is 944. The quantitative estimate of drug-likeness (QED) is 0.643. The number of primary amides is 1. The van der Waals surface area contributed by atoms with Gasteiger partial charge in [0.05, 0.1) is 0 Å². The van der Waals surface area contributed by atoms with E-state index in [4.69, 9.17) is 5.73 Å². The van der Waals surface area contributed by atoms with Gasteiger partial charge in [-0.05, 0) is 37.0 Å². The smallest absolute Gasteiger partial charge is 0.254 e. The van der Waals surface area contributed by atoms with Gasteiger partial charge in [-0.15, -0.1) is 0 Å². The zero-order valence-corrected chi connectivity index (χ0v) is 14.0. The van der Waals surface area contributed by atoms with E-state index in [1.54, 1.807) is 0 Å². The highest BCUT2D eigenvalue weighted by atomic mass is 16.1. The first kappa shape index (κ1) is 15.4. The molecule has 1 aliphatic carbocycles. The Labute approximate surface area is 145 Å². The van der Waals surface area contributed by atoms with Crippen molar-refractivity contribution in [3.05, 3.63) is 42.2 Å². The highest BCUT2D eigenvalue weighted by Gasteiger charge is 2.21. The van der Waals surface area contributed by atoms with Gasteiger partial charge in [0.2, 0.25) is 5.95 Å². The molecule has 2 aromatic heterocycles. The lowest BCUT2D eigenvalue weighted by Gasteiger charge is -2.12. The normalized spacial score (nSPS) is 13.8. The number of carbonyl (C=O) groups is 1. The molecular weight excluding hydrogens is 316 g/mol. The molecule has 128 valence electrons. The fourth-order valence-electron chi connectivity index (χ4n) is 2.84. The fourth-order valence-corrected chi connectivity index (χ4v) is 2.84. The van der Waals surface area contributed by atoms with Gasteiger partial charge in [0.15, 0.2) is 0 Å². The van der Waals surface area contributed by atoms with Gasteiger partial charge in [0, 0.05) is 42.6 Å². The van der Waals surface area contributed by atoms with Crippen LogP contribution in [0.2, 0.25) is 0 Å². The molecule has 0 aliphatic heterocycles. The molecule has 0 saturated heterocycles. The van der Waals surface area contributed by atoms with E-state index < -0.39 is 5.91 Å². The molecule has 1 aromatic carbocycles. The Hall–Kier alpha value is -3.09. The minimum atomic E-state index is -0.559. The first-order valence-electron chi connectivity index (χ1n) is 8.33. The van der Waals surface area contributed by atoms with Crippen molar-refractivity contribution in [3.63, 3.8) is 0 Å². The van der Waals surface area contributed by atoms with Gasteiger partial charge in [-0.1, -0.05) is 6.07 Å². The number of hydrogen-bond acceptors (Lipinski definition) is 5. The number of anilines is 3. The van der Waals surface area contributed by atoms with Crippen LogP contribution in [0.1, 0.15) is 23.2 Å². The molecule has 4 rings (SSSR count). The van der Waals surface area contributed by atoms with Gasteiger partial charge in [0.1, 0.15) is 11.4 Å². The first-order chi connectivity index (χ1) is 12.1. The lowest BCUT2D eigenvalue weighted by molar-refractivity contribution is 0.100. The van der Waals surface area contributed by atoms with Crippen LogP contribution >= 0.6 is 0 Å². The molecule has 1 aliphatic rings. The number of amides is 1. The average molecular weight is 336 g/mol. The molecule has 0 spiro atoms. The van der Waals surface area contributed by atoms with Crippen molar-refractivity contribution in [1.82, 2.24) is 14.5 Å². The zero-order valence-electron chi connectivity index (χ0n) is 14.0. The van der Waals surface area contributed by atoms with Crippen molar-refractivity contribution in [2.75, 3.05) is 17.2 Å². The third kappa shape index (κ3) is 3.13. The third-order valence-corrected chi connectivity index (χ3v) is 4.48. The Kier molecular flexibility index (Phi) is 3.76. The van der Waals surface area contributed by atoms with Crippen LogP contribution in [0.15, 0.2) is 36.7 Å². The van der Waals surface area contributed by atoms with E-state index in [0.29, 0.717) is 17.7 Å². The lowest BCUT2D eigenvalue weighted by atomic mass is 10.2. The molecule has 0 atom stereocenters. The van der Waals surface area contributed by atoms with Crippen molar-refractivity contribution >= 4 is 34.3 Å². The maximum Gasteiger partial charge on any atom is 0.254 e. The van der Waals surface area contributed by atoms with Crippen LogP contribution in [0.25, 0.3) is 10.9 Å². The molecule has 1 saturated carbocycles. The van der Waals surface area contributed by atoms with E-state index in [0.717, 1.165) is 23.1 Å². The predicted octanol–water partition coefficient (Wildman–Crippen LogP) is 2.63. The molecule has 1 fully saturated rings. The van der Waals surface area contributed by atoms with Gasteiger partial charge in [-0.2, -0.15) is 4.98 Å². The topological polar surface area (TPSA) is 97.9 Å². The summed E-state index contributed by atoms with van der Waals surface area (Å²) >= 11 is 0. The van der Waals surface area contributed by atoms with E-state index >= 15 is 0 Å². The standard InChI is InChI=1S/C18H20N6O/c1-24-8-7-12-14(3-2-4-15(12)24)22-17-13(16(19)25)10-21-18(23-17)20-9-11-5-6-11/h2-4,7-8,10-11H,5-6,9H2,1H3,(H2,19,25)(H2,20,21,22,23). The fraction of sp³-hybridized carbons (Fsp3) is 0.278. The minimum absolute atomic E-state index is 0.268. The van der Waals surface area contributed by atoms with E-state index in [1.165, 1.54) is 19.0 Å². The SMILES string of the molecule is Cn1ccc2c(Nc3nc(NCC4CC4)ncc3C(N)=O)cccc21. The van der Waals surface area contributed by atoms with Gasteiger partial charge >= 0.3 is 0 Å². The van der Waals surface area contributed by atoms with Crippen LogP contribution in [-0.2, 0) is 7.05 Å². The van der Waals surface area contributed by atoms with Crippen molar-refractivity contribution in [1.29, 1.82) is 0 Å². The molecule has 7 nitrogen and oxygen atoms in total. The van der Waals surface area contributed by atoms with Crippen LogP contribution in [0.5, 0.6) is 0 Å². The highest BCUT2D eigenvalue weighted by molar-refractivity contribution is 6.00. The van der Waals surface area contributed by atoms with Crippen LogP contribution in [0.4, 0.5) is 17.5 Å². The Balaban J connectivity index is 1.68. The van der Waals surface area contributed by atoms with E-state index in [1.807, 2.05) is 42.1 Å². The number of nitrogens with two attached hydrogens (primary N) is 1. The number of aryl methyl sites for hydroxylation is 1. The molecule has 3 aromatic rings. The molecular formula is C18H20N6O. The average Bonchev–Trinajstić information content (AvgIpc) is 3.36. The van der Waals surface area contributed by atoms with Gasteiger partial charge < -0.3 is 20.9 Å². The monoisotopic (exact) mass is 336 g/mol. The summed E-state index contributed by atoms with van der Waals surface area (Å²) in [5.41, 5.74) is 7.71. The van der Waals surface area contributed by atoms with Crippen LogP contribution in [0, 0.1) is 5.92 Å². The summed E-state index contributed by atoms with van der Waals surface area (Å²) in [4.78, 5) is 20.4. The molecule has 2 heterocycles. The maximum atomic E-state index is 11.7. The number of nitrogens with zero attached hydrogens (tertiary/aromatic N) is 3. The Morgan fingerprint density at radius 3 is 2.96 bits per heavy atom. The summed E-state index contributed by atoms with van der Waals surface area (Å²) in [6, 6.07) is 7.97. The van der Waals surface area contributed by atoms with E-state index in [2.05, 4.69) is 20.6 Å². The number of rotatable bonds is 6. The van der Waals surface area contributed by atoms with E-state index in [9.17, 15) is 4.79 Å². The van der Waals surface area contributed by atoms with Crippen LogP contribution in [-0.4, -0.2) is 27.0 Å². The van der Waals surface area contributed by atoms with Crippen molar-refractivity contribution in [2.24, 2.45) is 18.7 Å². The molecule has 4 N–H and O–H groups in total. The summed E-state index contributed by atoms with van der Waals surface area (Å²) in [6.45, 7) is 0.851. The summed E-state index contributed by atoms with van der Waals surface area (Å²) in [7, 11) is 1.99. The van der Waals surface area contributed by atoms with Crippen molar-refractivity contribution in [3.8, 4) is 0 Å². The largest absolute Gasteiger partial charge is 0.365 e. The summed E-state index contributed by atoms with van der Waals surface area (Å²) < 4.78 is 2.04. The number of carbonyl (C=O) groups excluding carboxylic acids is 1. The van der Waals surface area contributed by atoms with Crippen molar-refractivity contribution < 1.29 is 4.79 Å².